The molecule has 0 aliphatic carbocycles. The molecule has 0 N–H and O–H groups in total. The molecule has 3 nitrogen and oxygen atoms in total. The third-order valence-electron chi connectivity index (χ3n) is 4.94. The summed E-state index contributed by atoms with van der Waals surface area (Å²) in [6, 6.07) is 19.2. The van der Waals surface area contributed by atoms with Gasteiger partial charge >= 0.3 is 0 Å². The lowest BCUT2D eigenvalue weighted by Crippen LogP contribution is -2.25. The molecule has 3 aromatic rings. The van der Waals surface area contributed by atoms with Gasteiger partial charge in [0.25, 0.3) is 0 Å². The van der Waals surface area contributed by atoms with Crippen molar-refractivity contribution in [3.05, 3.63) is 89.0 Å². The largest absolute Gasteiger partial charge is 0.329 e. The highest BCUT2D eigenvalue weighted by Gasteiger charge is 2.27. The van der Waals surface area contributed by atoms with Crippen LogP contribution in [0.15, 0.2) is 67.0 Å². The van der Waals surface area contributed by atoms with Crippen molar-refractivity contribution >= 4 is 11.6 Å². The number of rotatable bonds is 5. The standard InChI is InChI=1S/C21H22ClN3/c22-19-9-4-8-18(14-19)20-10-5-12-24(20)16-21-23-11-13-25(21)15-17-6-2-1-3-7-17/h1-4,6-9,11,13-14,20H,5,10,12,15-16H2. The summed E-state index contributed by atoms with van der Waals surface area (Å²) in [6.07, 6.45) is 6.38. The Labute approximate surface area is 153 Å². The van der Waals surface area contributed by atoms with Crippen molar-refractivity contribution in [3.8, 4) is 0 Å². The van der Waals surface area contributed by atoms with Gasteiger partial charge in [-0.1, -0.05) is 54.1 Å². The monoisotopic (exact) mass is 351 g/mol. The molecule has 4 rings (SSSR count). The molecule has 25 heavy (non-hydrogen) atoms. The third kappa shape index (κ3) is 3.78. The first-order chi connectivity index (χ1) is 12.3. The minimum atomic E-state index is 0.431. The minimum Gasteiger partial charge on any atom is -0.329 e. The van der Waals surface area contributed by atoms with Crippen LogP contribution in [0.4, 0.5) is 0 Å². The predicted octanol–water partition coefficient (Wildman–Crippen LogP) is 4.92. The van der Waals surface area contributed by atoms with Gasteiger partial charge in [-0.15, -0.1) is 0 Å². The molecule has 1 fully saturated rings. The SMILES string of the molecule is Clc1cccc(C2CCCN2Cc2nccn2Cc2ccccc2)c1. The highest BCUT2D eigenvalue weighted by Crippen LogP contribution is 2.33. The number of benzene rings is 2. The molecule has 1 saturated heterocycles. The Kier molecular flexibility index (Phi) is 4.86. The second-order valence-electron chi connectivity index (χ2n) is 6.64. The first-order valence-corrected chi connectivity index (χ1v) is 9.21. The average Bonchev–Trinajstić information content (AvgIpc) is 3.26. The van der Waals surface area contributed by atoms with Gasteiger partial charge in [-0.3, -0.25) is 4.90 Å². The molecule has 0 spiro atoms. The molecule has 1 aliphatic heterocycles. The Morgan fingerprint density at radius 2 is 1.92 bits per heavy atom. The van der Waals surface area contributed by atoms with Crippen LogP contribution in [0, 0.1) is 0 Å². The van der Waals surface area contributed by atoms with Gasteiger partial charge in [0.1, 0.15) is 5.82 Å². The molecule has 0 saturated carbocycles. The van der Waals surface area contributed by atoms with E-state index in [1.165, 1.54) is 24.0 Å². The van der Waals surface area contributed by atoms with Crippen molar-refractivity contribution < 1.29 is 0 Å². The smallest absolute Gasteiger partial charge is 0.123 e. The normalized spacial score (nSPS) is 17.9. The Hall–Kier alpha value is -2.10. The number of halogens is 1. The molecule has 2 heterocycles. The van der Waals surface area contributed by atoms with Crippen LogP contribution in [0.25, 0.3) is 0 Å². The molecular formula is C21H22ClN3. The maximum Gasteiger partial charge on any atom is 0.123 e. The molecule has 1 aromatic heterocycles. The quantitative estimate of drug-likeness (QED) is 0.650. The van der Waals surface area contributed by atoms with E-state index < -0.39 is 0 Å². The Morgan fingerprint density at radius 1 is 1.04 bits per heavy atom. The van der Waals surface area contributed by atoms with Crippen LogP contribution in [0.5, 0.6) is 0 Å². The maximum atomic E-state index is 6.19. The molecule has 1 atom stereocenters. The van der Waals surface area contributed by atoms with E-state index in [0.717, 1.165) is 30.5 Å². The van der Waals surface area contributed by atoms with Gasteiger partial charge in [-0.05, 0) is 42.6 Å². The van der Waals surface area contributed by atoms with Crippen molar-refractivity contribution in [2.75, 3.05) is 6.54 Å². The number of hydrogen-bond donors (Lipinski definition) is 0. The first kappa shape index (κ1) is 16.4. The summed E-state index contributed by atoms with van der Waals surface area (Å²) < 4.78 is 2.25. The number of imidazole rings is 1. The van der Waals surface area contributed by atoms with Gasteiger partial charge in [-0.25, -0.2) is 4.98 Å². The van der Waals surface area contributed by atoms with E-state index in [9.17, 15) is 0 Å². The van der Waals surface area contributed by atoms with E-state index in [-0.39, 0.29) is 0 Å². The van der Waals surface area contributed by atoms with Crippen LogP contribution in [0.2, 0.25) is 5.02 Å². The van der Waals surface area contributed by atoms with Gasteiger partial charge in [0.15, 0.2) is 0 Å². The first-order valence-electron chi connectivity index (χ1n) is 8.83. The van der Waals surface area contributed by atoms with Crippen molar-refractivity contribution in [2.24, 2.45) is 0 Å². The lowest BCUT2D eigenvalue weighted by atomic mass is 10.0. The molecule has 0 bridgehead atoms. The molecule has 1 unspecified atom stereocenters. The summed E-state index contributed by atoms with van der Waals surface area (Å²) in [6.45, 7) is 2.85. The summed E-state index contributed by atoms with van der Waals surface area (Å²) >= 11 is 6.19. The second-order valence-corrected chi connectivity index (χ2v) is 7.08. The molecule has 4 heteroatoms. The zero-order chi connectivity index (χ0) is 17.1. The zero-order valence-corrected chi connectivity index (χ0v) is 14.9. The average molecular weight is 352 g/mol. The van der Waals surface area contributed by atoms with Crippen LogP contribution in [0.1, 0.15) is 35.8 Å². The van der Waals surface area contributed by atoms with E-state index in [1.54, 1.807) is 0 Å². The lowest BCUT2D eigenvalue weighted by molar-refractivity contribution is 0.239. The Bertz CT molecular complexity index is 828. The molecule has 0 radical (unpaired) electrons. The predicted molar refractivity (Wildman–Crippen MR) is 102 cm³/mol. The Morgan fingerprint density at radius 3 is 2.76 bits per heavy atom. The van der Waals surface area contributed by atoms with E-state index in [4.69, 9.17) is 11.6 Å². The van der Waals surface area contributed by atoms with Crippen LogP contribution in [-0.2, 0) is 13.1 Å². The fourth-order valence-electron chi connectivity index (χ4n) is 3.70. The molecule has 0 amide bonds. The van der Waals surface area contributed by atoms with E-state index in [0.29, 0.717) is 6.04 Å². The number of likely N-dealkylation sites (tertiary alicyclic amines) is 1. The maximum absolute atomic E-state index is 6.19. The molecular weight excluding hydrogens is 330 g/mol. The summed E-state index contributed by atoms with van der Waals surface area (Å²) in [5.41, 5.74) is 2.61. The van der Waals surface area contributed by atoms with Crippen LogP contribution in [-0.4, -0.2) is 21.0 Å². The van der Waals surface area contributed by atoms with Gasteiger partial charge in [0, 0.05) is 30.0 Å². The Balaban J connectivity index is 1.51. The van der Waals surface area contributed by atoms with E-state index >= 15 is 0 Å². The number of nitrogens with zero attached hydrogens (tertiary/aromatic N) is 3. The fraction of sp³-hybridized carbons (Fsp3) is 0.286. The molecule has 1 aliphatic rings. The van der Waals surface area contributed by atoms with Crippen molar-refractivity contribution in [2.45, 2.75) is 32.0 Å². The topological polar surface area (TPSA) is 21.1 Å². The number of hydrogen-bond acceptors (Lipinski definition) is 2. The summed E-state index contributed by atoms with van der Waals surface area (Å²) in [7, 11) is 0. The highest BCUT2D eigenvalue weighted by atomic mass is 35.5. The van der Waals surface area contributed by atoms with Crippen LogP contribution >= 0.6 is 11.6 Å². The van der Waals surface area contributed by atoms with E-state index in [2.05, 4.69) is 63.1 Å². The van der Waals surface area contributed by atoms with Gasteiger partial charge < -0.3 is 4.57 Å². The molecule has 128 valence electrons. The van der Waals surface area contributed by atoms with Crippen molar-refractivity contribution in [1.29, 1.82) is 0 Å². The number of aromatic nitrogens is 2. The zero-order valence-electron chi connectivity index (χ0n) is 14.2. The highest BCUT2D eigenvalue weighted by molar-refractivity contribution is 6.30. The van der Waals surface area contributed by atoms with E-state index in [1.807, 2.05) is 18.3 Å². The minimum absolute atomic E-state index is 0.431. The van der Waals surface area contributed by atoms with Gasteiger partial charge in [0.2, 0.25) is 0 Å². The van der Waals surface area contributed by atoms with Gasteiger partial charge in [0.05, 0.1) is 6.54 Å². The summed E-state index contributed by atoms with van der Waals surface area (Å²) in [5, 5.41) is 0.815. The summed E-state index contributed by atoms with van der Waals surface area (Å²) in [5.74, 6) is 1.12. The lowest BCUT2D eigenvalue weighted by Gasteiger charge is -2.25. The molecule has 2 aromatic carbocycles. The summed E-state index contributed by atoms with van der Waals surface area (Å²) in [4.78, 5) is 7.14. The van der Waals surface area contributed by atoms with Crippen LogP contribution < -0.4 is 0 Å². The van der Waals surface area contributed by atoms with Crippen molar-refractivity contribution in [1.82, 2.24) is 14.5 Å². The van der Waals surface area contributed by atoms with Gasteiger partial charge in [-0.2, -0.15) is 0 Å². The second kappa shape index (κ2) is 7.42. The van der Waals surface area contributed by atoms with Crippen molar-refractivity contribution in [3.63, 3.8) is 0 Å². The van der Waals surface area contributed by atoms with Crippen LogP contribution in [0.3, 0.4) is 0 Å². The third-order valence-corrected chi connectivity index (χ3v) is 5.17. The fourth-order valence-corrected chi connectivity index (χ4v) is 3.90.